The molecular weight excluding hydrogens is 256 g/mol. The molecule has 1 saturated heterocycles. The van der Waals surface area contributed by atoms with E-state index in [4.69, 9.17) is 11.5 Å². The minimum Gasteiger partial charge on any atom is -0.399 e. The number of primary amides is 1. The predicted octanol–water partition coefficient (Wildman–Crippen LogP) is 0.330. The molecule has 1 atom stereocenters. The maximum absolute atomic E-state index is 11.8. The number of rotatable bonds is 3. The first-order valence-corrected chi connectivity index (χ1v) is 6.68. The summed E-state index contributed by atoms with van der Waals surface area (Å²) in [5, 5.41) is 2.67. The van der Waals surface area contributed by atoms with Gasteiger partial charge in [0.15, 0.2) is 0 Å². The largest absolute Gasteiger partial charge is 0.399 e. The second kappa shape index (κ2) is 5.81. The van der Waals surface area contributed by atoms with Gasteiger partial charge in [-0.2, -0.15) is 0 Å². The molecule has 1 fully saturated rings. The van der Waals surface area contributed by atoms with E-state index in [2.05, 4.69) is 5.32 Å². The minimum absolute atomic E-state index is 0.0271. The second-order valence-electron chi connectivity index (χ2n) is 5.04. The van der Waals surface area contributed by atoms with Crippen LogP contribution in [0.5, 0.6) is 0 Å². The molecule has 6 nitrogen and oxygen atoms in total. The van der Waals surface area contributed by atoms with Crippen LogP contribution in [0.4, 0.5) is 11.4 Å². The van der Waals surface area contributed by atoms with Gasteiger partial charge in [0.25, 0.3) is 5.91 Å². The van der Waals surface area contributed by atoms with Crippen LogP contribution < -0.4 is 21.7 Å². The lowest BCUT2D eigenvalue weighted by atomic mass is 9.96. The lowest BCUT2D eigenvalue weighted by Crippen LogP contribution is -2.42. The van der Waals surface area contributed by atoms with E-state index in [0.717, 1.165) is 19.4 Å². The molecule has 1 aliphatic rings. The molecule has 0 bridgehead atoms. The van der Waals surface area contributed by atoms with Crippen molar-refractivity contribution in [2.24, 2.45) is 11.7 Å². The first kappa shape index (κ1) is 14.2. The zero-order valence-corrected chi connectivity index (χ0v) is 11.6. The average Bonchev–Trinajstić information content (AvgIpc) is 2.46. The zero-order valence-electron chi connectivity index (χ0n) is 11.6. The molecule has 1 unspecified atom stereocenters. The van der Waals surface area contributed by atoms with E-state index in [1.165, 1.54) is 0 Å². The van der Waals surface area contributed by atoms with Gasteiger partial charge in [0, 0.05) is 25.8 Å². The van der Waals surface area contributed by atoms with Crippen molar-refractivity contribution in [2.75, 3.05) is 30.8 Å². The van der Waals surface area contributed by atoms with E-state index in [-0.39, 0.29) is 11.8 Å². The summed E-state index contributed by atoms with van der Waals surface area (Å²) in [6, 6.07) is 5.03. The van der Waals surface area contributed by atoms with Crippen LogP contribution in [0.1, 0.15) is 23.2 Å². The van der Waals surface area contributed by atoms with Gasteiger partial charge in [-0.15, -0.1) is 0 Å². The Morgan fingerprint density at radius 2 is 2.15 bits per heavy atom. The number of nitrogens with zero attached hydrogens (tertiary/aromatic N) is 1. The topological polar surface area (TPSA) is 101 Å². The Bertz CT molecular complexity index is 530. The highest BCUT2D eigenvalue weighted by molar-refractivity contribution is 5.99. The first-order chi connectivity index (χ1) is 9.52. The van der Waals surface area contributed by atoms with Crippen LogP contribution in [0.2, 0.25) is 0 Å². The van der Waals surface area contributed by atoms with Gasteiger partial charge in [0.1, 0.15) is 0 Å². The van der Waals surface area contributed by atoms with Crippen LogP contribution in [0.3, 0.4) is 0 Å². The normalized spacial score (nSPS) is 18.6. The third kappa shape index (κ3) is 2.84. The summed E-state index contributed by atoms with van der Waals surface area (Å²) in [7, 11) is 1.64. The molecule has 2 rings (SSSR count). The van der Waals surface area contributed by atoms with Crippen molar-refractivity contribution in [3.8, 4) is 0 Å². The van der Waals surface area contributed by atoms with Crippen molar-refractivity contribution < 1.29 is 9.59 Å². The van der Waals surface area contributed by atoms with Crippen molar-refractivity contribution in [1.82, 2.24) is 5.32 Å². The number of nitrogens with one attached hydrogen (secondary N) is 1. The number of nitrogens with two attached hydrogens (primary N) is 2. The van der Waals surface area contributed by atoms with Gasteiger partial charge in [-0.25, -0.2) is 0 Å². The lowest BCUT2D eigenvalue weighted by Gasteiger charge is -2.34. The first-order valence-electron chi connectivity index (χ1n) is 6.68. The number of carbonyl (C=O) groups excluding carboxylic acids is 2. The van der Waals surface area contributed by atoms with Crippen LogP contribution in [0.15, 0.2) is 18.2 Å². The highest BCUT2D eigenvalue weighted by Gasteiger charge is 2.27. The van der Waals surface area contributed by atoms with Crippen LogP contribution >= 0.6 is 0 Å². The Balaban J connectivity index is 2.28. The van der Waals surface area contributed by atoms with E-state index < -0.39 is 5.91 Å². The fraction of sp³-hybridized carbons (Fsp3) is 0.429. The lowest BCUT2D eigenvalue weighted by molar-refractivity contribution is -0.124. The monoisotopic (exact) mass is 276 g/mol. The van der Waals surface area contributed by atoms with Crippen molar-refractivity contribution in [3.05, 3.63) is 23.8 Å². The summed E-state index contributed by atoms with van der Waals surface area (Å²) >= 11 is 0. The second-order valence-corrected chi connectivity index (χ2v) is 5.04. The summed E-state index contributed by atoms with van der Waals surface area (Å²) < 4.78 is 0. The molecular formula is C14H20N4O2. The maximum atomic E-state index is 11.8. The highest BCUT2D eigenvalue weighted by Crippen LogP contribution is 2.28. The molecule has 0 saturated carbocycles. The molecule has 1 aromatic rings. The third-order valence-corrected chi connectivity index (χ3v) is 3.67. The van der Waals surface area contributed by atoms with Crippen LogP contribution in [-0.4, -0.2) is 32.0 Å². The molecule has 0 aliphatic carbocycles. The van der Waals surface area contributed by atoms with Gasteiger partial charge in [0.05, 0.1) is 17.2 Å². The predicted molar refractivity (Wildman–Crippen MR) is 78.4 cm³/mol. The molecule has 1 heterocycles. The van der Waals surface area contributed by atoms with E-state index >= 15 is 0 Å². The Hall–Kier alpha value is -2.24. The summed E-state index contributed by atoms with van der Waals surface area (Å²) in [6.45, 7) is 1.36. The molecule has 2 amide bonds. The van der Waals surface area contributed by atoms with Crippen molar-refractivity contribution in [3.63, 3.8) is 0 Å². The number of carbonyl (C=O) groups is 2. The fourth-order valence-corrected chi connectivity index (χ4v) is 2.63. The number of hydrogen-bond acceptors (Lipinski definition) is 4. The quantitative estimate of drug-likeness (QED) is 0.692. The maximum Gasteiger partial charge on any atom is 0.250 e. The van der Waals surface area contributed by atoms with E-state index in [0.29, 0.717) is 23.5 Å². The van der Waals surface area contributed by atoms with Crippen LogP contribution in [0, 0.1) is 5.92 Å². The zero-order chi connectivity index (χ0) is 14.7. The van der Waals surface area contributed by atoms with E-state index in [1.54, 1.807) is 25.2 Å². The number of anilines is 2. The molecule has 20 heavy (non-hydrogen) atoms. The molecule has 108 valence electrons. The summed E-state index contributed by atoms with van der Waals surface area (Å²) in [5.41, 5.74) is 12.9. The van der Waals surface area contributed by atoms with Gasteiger partial charge in [-0.05, 0) is 31.0 Å². The van der Waals surface area contributed by atoms with Gasteiger partial charge >= 0.3 is 0 Å². The summed E-state index contributed by atoms with van der Waals surface area (Å²) in [5.74, 6) is -0.530. The van der Waals surface area contributed by atoms with Crippen molar-refractivity contribution >= 4 is 23.2 Å². The standard InChI is InChI=1S/C14H20N4O2/c1-17-14(20)9-3-2-6-18(8-9)12-7-10(15)4-5-11(12)13(16)19/h4-5,7,9H,2-3,6,8,15H2,1H3,(H2,16,19)(H,17,20). The number of nitrogen functional groups attached to an aromatic ring is 1. The summed E-state index contributed by atoms with van der Waals surface area (Å²) in [6.07, 6.45) is 1.75. The van der Waals surface area contributed by atoms with Crippen LogP contribution in [-0.2, 0) is 4.79 Å². The molecule has 6 heteroatoms. The number of piperidine rings is 1. The molecule has 0 spiro atoms. The number of hydrogen-bond donors (Lipinski definition) is 3. The minimum atomic E-state index is -0.484. The fourth-order valence-electron chi connectivity index (χ4n) is 2.63. The van der Waals surface area contributed by atoms with Gasteiger partial charge in [-0.3, -0.25) is 9.59 Å². The van der Waals surface area contributed by atoms with E-state index in [1.807, 2.05) is 4.90 Å². The Kier molecular flexibility index (Phi) is 4.12. The SMILES string of the molecule is CNC(=O)C1CCCN(c2cc(N)ccc2C(N)=O)C1. The average molecular weight is 276 g/mol. The highest BCUT2D eigenvalue weighted by atomic mass is 16.2. The van der Waals surface area contributed by atoms with Crippen molar-refractivity contribution in [2.45, 2.75) is 12.8 Å². The Morgan fingerprint density at radius 3 is 2.80 bits per heavy atom. The Morgan fingerprint density at radius 1 is 1.40 bits per heavy atom. The summed E-state index contributed by atoms with van der Waals surface area (Å²) in [4.78, 5) is 25.3. The number of benzene rings is 1. The van der Waals surface area contributed by atoms with E-state index in [9.17, 15) is 9.59 Å². The van der Waals surface area contributed by atoms with Gasteiger partial charge < -0.3 is 21.7 Å². The molecule has 0 radical (unpaired) electrons. The van der Waals surface area contributed by atoms with Crippen LogP contribution in [0.25, 0.3) is 0 Å². The Labute approximate surface area is 118 Å². The molecule has 5 N–H and O–H groups in total. The molecule has 0 aromatic heterocycles. The molecule has 1 aliphatic heterocycles. The molecule has 1 aromatic carbocycles. The number of amides is 2. The van der Waals surface area contributed by atoms with Crippen molar-refractivity contribution in [1.29, 1.82) is 0 Å². The third-order valence-electron chi connectivity index (χ3n) is 3.67. The van der Waals surface area contributed by atoms with Gasteiger partial charge in [0.2, 0.25) is 5.91 Å². The van der Waals surface area contributed by atoms with Gasteiger partial charge in [-0.1, -0.05) is 0 Å². The smallest absolute Gasteiger partial charge is 0.250 e.